The number of hydrogen-bond acceptors (Lipinski definition) is 2. The molecule has 0 bridgehead atoms. The van der Waals surface area contributed by atoms with Gasteiger partial charge in [-0.05, 0) is 29.8 Å². The average molecular weight is 382 g/mol. The molecule has 0 aromatic heterocycles. The third kappa shape index (κ3) is 5.63. The summed E-state index contributed by atoms with van der Waals surface area (Å²) in [6.07, 6.45) is 0.268. The van der Waals surface area contributed by atoms with E-state index in [4.69, 9.17) is 27.9 Å². The van der Waals surface area contributed by atoms with Crippen LogP contribution in [-0.2, 0) is 11.2 Å². The molecular weight excluding hydrogens is 359 g/mol. The topological polar surface area (TPSA) is 42.8 Å². The lowest BCUT2D eigenvalue weighted by Gasteiger charge is -2.22. The van der Waals surface area contributed by atoms with Crippen molar-refractivity contribution < 1.29 is 14.4 Å². The number of carbonyl (C=O) groups is 1. The summed E-state index contributed by atoms with van der Waals surface area (Å²) in [4.78, 5) is 13.5. The van der Waals surface area contributed by atoms with E-state index in [9.17, 15) is 4.79 Å². The van der Waals surface area contributed by atoms with Crippen LogP contribution in [0.3, 0.4) is 0 Å². The van der Waals surface area contributed by atoms with Crippen molar-refractivity contribution in [3.05, 3.63) is 63.6 Å². The van der Waals surface area contributed by atoms with Crippen molar-refractivity contribution >= 4 is 29.1 Å². The summed E-state index contributed by atoms with van der Waals surface area (Å²) >= 11 is 11.9. The highest BCUT2D eigenvalue weighted by Gasteiger charge is 2.19. The van der Waals surface area contributed by atoms with Gasteiger partial charge in [0.05, 0.1) is 44.2 Å². The van der Waals surface area contributed by atoms with Gasteiger partial charge in [0.15, 0.2) is 0 Å². The van der Waals surface area contributed by atoms with Crippen LogP contribution in [0.1, 0.15) is 17.2 Å². The zero-order chi connectivity index (χ0) is 18.4. The maximum atomic E-state index is 12.3. The molecular formula is C19H23Cl2N2O2+. The fraction of sp³-hybridized carbons (Fsp3) is 0.316. The minimum absolute atomic E-state index is 0.0486. The summed E-state index contributed by atoms with van der Waals surface area (Å²) in [5.41, 5.74) is 1.95. The first kappa shape index (κ1) is 19.6. The van der Waals surface area contributed by atoms with Crippen LogP contribution < -0.4 is 15.0 Å². The Bertz CT molecular complexity index is 735. The Kier molecular flexibility index (Phi) is 7.12. The Balaban J connectivity index is 2.00. The molecule has 2 rings (SSSR count). The molecule has 0 aliphatic heterocycles. The molecule has 25 heavy (non-hydrogen) atoms. The van der Waals surface area contributed by atoms with E-state index in [0.29, 0.717) is 16.6 Å². The summed E-state index contributed by atoms with van der Waals surface area (Å²) in [5.74, 6) is 0.762. The highest BCUT2D eigenvalue weighted by atomic mass is 35.5. The Morgan fingerprint density at radius 2 is 1.92 bits per heavy atom. The molecule has 0 aliphatic rings. The lowest BCUT2D eigenvalue weighted by atomic mass is 10.1. The van der Waals surface area contributed by atoms with Gasteiger partial charge in [-0.3, -0.25) is 4.79 Å². The number of ether oxygens (including phenoxy) is 1. The molecule has 0 heterocycles. The van der Waals surface area contributed by atoms with Gasteiger partial charge in [-0.2, -0.15) is 0 Å². The van der Waals surface area contributed by atoms with Gasteiger partial charge >= 0.3 is 0 Å². The van der Waals surface area contributed by atoms with Crippen LogP contribution in [0.4, 0.5) is 0 Å². The van der Waals surface area contributed by atoms with Crippen molar-refractivity contribution in [2.75, 3.05) is 27.7 Å². The van der Waals surface area contributed by atoms with E-state index >= 15 is 0 Å². The van der Waals surface area contributed by atoms with Gasteiger partial charge in [-0.15, -0.1) is 0 Å². The van der Waals surface area contributed by atoms with E-state index in [1.807, 2.05) is 30.3 Å². The molecule has 6 heteroatoms. The number of benzene rings is 2. The van der Waals surface area contributed by atoms with Gasteiger partial charge < -0.3 is 15.0 Å². The van der Waals surface area contributed by atoms with Crippen molar-refractivity contribution in [1.82, 2.24) is 5.32 Å². The second-order valence-electron chi connectivity index (χ2n) is 6.14. The Labute approximate surface area is 158 Å². The Morgan fingerprint density at radius 1 is 1.16 bits per heavy atom. The lowest BCUT2D eigenvalue weighted by molar-refractivity contribution is -0.890. The summed E-state index contributed by atoms with van der Waals surface area (Å²) in [6.45, 7) is 0.537. The highest BCUT2D eigenvalue weighted by Crippen LogP contribution is 2.22. The molecule has 0 spiro atoms. The molecule has 2 aromatic carbocycles. The molecule has 1 atom stereocenters. The predicted octanol–water partition coefficient (Wildman–Crippen LogP) is 2.55. The van der Waals surface area contributed by atoms with Crippen LogP contribution in [0.25, 0.3) is 0 Å². The largest absolute Gasteiger partial charge is 0.497 e. The van der Waals surface area contributed by atoms with E-state index in [-0.39, 0.29) is 18.4 Å². The summed E-state index contributed by atoms with van der Waals surface area (Å²) < 4.78 is 5.29. The number of rotatable bonds is 7. The third-order valence-electron chi connectivity index (χ3n) is 4.05. The Morgan fingerprint density at radius 3 is 2.56 bits per heavy atom. The molecule has 0 unspecified atom stereocenters. The monoisotopic (exact) mass is 381 g/mol. The lowest BCUT2D eigenvalue weighted by Crippen LogP contribution is -3.07. The Hall–Kier alpha value is -1.75. The molecule has 0 radical (unpaired) electrons. The molecule has 0 saturated heterocycles. The van der Waals surface area contributed by atoms with Gasteiger partial charge in [0.25, 0.3) is 0 Å². The first-order chi connectivity index (χ1) is 11.9. The molecule has 2 N–H and O–H groups in total. The van der Waals surface area contributed by atoms with Crippen molar-refractivity contribution in [3.8, 4) is 5.75 Å². The van der Waals surface area contributed by atoms with Crippen LogP contribution >= 0.6 is 23.2 Å². The molecule has 0 saturated carbocycles. The second-order valence-corrected chi connectivity index (χ2v) is 6.95. The molecule has 4 nitrogen and oxygen atoms in total. The second kappa shape index (κ2) is 9.09. The maximum Gasteiger partial charge on any atom is 0.224 e. The van der Waals surface area contributed by atoms with Gasteiger partial charge in [-0.1, -0.05) is 41.4 Å². The fourth-order valence-corrected chi connectivity index (χ4v) is 2.95. The number of hydrogen-bond donors (Lipinski definition) is 2. The van der Waals surface area contributed by atoms with Crippen molar-refractivity contribution in [2.24, 2.45) is 0 Å². The standard InChI is InChI=1S/C19H22Cl2N2O2/c1-23(2)18(14-5-4-6-15(11-14)25-3)12-22-19(24)10-13-7-8-16(20)17(21)9-13/h4-9,11,18H,10,12H2,1-3H3,(H,22,24)/p+1/t18-/m1/s1. The van der Waals surface area contributed by atoms with Gasteiger partial charge in [-0.25, -0.2) is 0 Å². The SMILES string of the molecule is COc1cccc([C@@H](CNC(=O)Cc2ccc(Cl)c(Cl)c2)[NH+](C)C)c1. The third-order valence-corrected chi connectivity index (χ3v) is 4.78. The van der Waals surface area contributed by atoms with Gasteiger partial charge in [0.1, 0.15) is 11.8 Å². The molecule has 1 amide bonds. The smallest absolute Gasteiger partial charge is 0.224 e. The number of amides is 1. The number of carbonyl (C=O) groups excluding carboxylic acids is 1. The molecule has 2 aromatic rings. The molecule has 0 aliphatic carbocycles. The zero-order valence-electron chi connectivity index (χ0n) is 14.6. The highest BCUT2D eigenvalue weighted by molar-refractivity contribution is 6.42. The number of methoxy groups -OCH3 is 1. The minimum atomic E-state index is -0.0486. The van der Waals surface area contributed by atoms with Crippen molar-refractivity contribution in [2.45, 2.75) is 12.5 Å². The van der Waals surface area contributed by atoms with Gasteiger partial charge in [0, 0.05) is 5.56 Å². The number of quaternary nitrogens is 1. The zero-order valence-corrected chi connectivity index (χ0v) is 16.1. The summed E-state index contributed by atoms with van der Waals surface area (Å²) in [5, 5.41) is 3.95. The summed E-state index contributed by atoms with van der Waals surface area (Å²) in [6, 6.07) is 13.3. The van der Waals surface area contributed by atoms with E-state index < -0.39 is 0 Å². The predicted molar refractivity (Wildman–Crippen MR) is 102 cm³/mol. The quantitative estimate of drug-likeness (QED) is 0.773. The number of nitrogens with one attached hydrogen (secondary N) is 2. The fourth-order valence-electron chi connectivity index (χ4n) is 2.63. The van der Waals surface area contributed by atoms with E-state index in [0.717, 1.165) is 16.9 Å². The summed E-state index contributed by atoms with van der Waals surface area (Å²) in [7, 11) is 5.78. The first-order valence-corrected chi connectivity index (χ1v) is 8.81. The van der Waals surface area contributed by atoms with Crippen LogP contribution in [0.5, 0.6) is 5.75 Å². The van der Waals surface area contributed by atoms with E-state index in [1.54, 1.807) is 19.2 Å². The van der Waals surface area contributed by atoms with Crippen molar-refractivity contribution in [1.29, 1.82) is 0 Å². The number of likely N-dealkylation sites (N-methyl/N-ethyl adjacent to an activating group) is 1. The minimum Gasteiger partial charge on any atom is -0.497 e. The average Bonchev–Trinajstić information content (AvgIpc) is 2.58. The first-order valence-electron chi connectivity index (χ1n) is 8.05. The number of halogens is 2. The van der Waals surface area contributed by atoms with E-state index in [1.165, 1.54) is 4.90 Å². The van der Waals surface area contributed by atoms with Crippen molar-refractivity contribution in [3.63, 3.8) is 0 Å². The molecule has 134 valence electrons. The normalized spacial score (nSPS) is 12.1. The molecule has 0 fully saturated rings. The van der Waals surface area contributed by atoms with Crippen LogP contribution in [0.15, 0.2) is 42.5 Å². The van der Waals surface area contributed by atoms with E-state index in [2.05, 4.69) is 19.4 Å². The van der Waals surface area contributed by atoms with Crippen LogP contribution in [0.2, 0.25) is 10.0 Å². The maximum absolute atomic E-state index is 12.3. The van der Waals surface area contributed by atoms with Crippen LogP contribution in [-0.4, -0.2) is 33.7 Å². The van der Waals surface area contributed by atoms with Gasteiger partial charge in [0.2, 0.25) is 5.91 Å². The van der Waals surface area contributed by atoms with Crippen LogP contribution in [0, 0.1) is 0 Å².